The maximum Gasteiger partial charge on any atom is 0.0557 e. The van der Waals surface area contributed by atoms with Crippen molar-refractivity contribution < 1.29 is 0 Å². The first-order valence-corrected chi connectivity index (χ1v) is 5.21. The molecule has 1 aromatic rings. The van der Waals surface area contributed by atoms with Gasteiger partial charge in [0.2, 0.25) is 0 Å². The van der Waals surface area contributed by atoms with E-state index in [1.807, 2.05) is 0 Å². The third-order valence-corrected chi connectivity index (χ3v) is 3.27. The Morgan fingerprint density at radius 1 is 1.46 bits per heavy atom. The molecular formula is C10H15N3. The Morgan fingerprint density at radius 2 is 2.38 bits per heavy atom. The summed E-state index contributed by atoms with van der Waals surface area (Å²) in [6, 6.07) is 0.712. The molecule has 1 aromatic heterocycles. The molecule has 0 spiro atoms. The van der Waals surface area contributed by atoms with Gasteiger partial charge in [-0.15, -0.1) is 0 Å². The molecule has 13 heavy (non-hydrogen) atoms. The third-order valence-electron chi connectivity index (χ3n) is 3.27. The molecular weight excluding hydrogens is 162 g/mol. The molecule has 1 saturated carbocycles. The van der Waals surface area contributed by atoms with Gasteiger partial charge in [0, 0.05) is 6.54 Å². The maximum atomic E-state index is 4.50. The topological polar surface area (TPSA) is 29.9 Å². The lowest BCUT2D eigenvalue weighted by Gasteiger charge is -2.28. The van der Waals surface area contributed by atoms with Gasteiger partial charge in [0.25, 0.3) is 0 Å². The smallest absolute Gasteiger partial charge is 0.0557 e. The first-order valence-electron chi connectivity index (χ1n) is 5.21. The summed E-state index contributed by atoms with van der Waals surface area (Å²) in [5, 5.41) is 7.91. The summed E-state index contributed by atoms with van der Waals surface area (Å²) < 4.78 is 2.25. The number of rotatable bonds is 1. The minimum absolute atomic E-state index is 0.712. The van der Waals surface area contributed by atoms with E-state index in [0.29, 0.717) is 6.04 Å². The van der Waals surface area contributed by atoms with Crippen LogP contribution in [0, 0.1) is 0 Å². The van der Waals surface area contributed by atoms with E-state index < -0.39 is 0 Å². The monoisotopic (exact) mass is 177 g/mol. The van der Waals surface area contributed by atoms with Crippen LogP contribution >= 0.6 is 0 Å². The van der Waals surface area contributed by atoms with Gasteiger partial charge in [0.15, 0.2) is 0 Å². The molecule has 1 aliphatic heterocycles. The van der Waals surface area contributed by atoms with Gasteiger partial charge in [-0.05, 0) is 37.8 Å². The van der Waals surface area contributed by atoms with E-state index in [-0.39, 0.29) is 0 Å². The van der Waals surface area contributed by atoms with Crippen molar-refractivity contribution in [1.29, 1.82) is 0 Å². The summed E-state index contributed by atoms with van der Waals surface area (Å²) in [6.45, 7) is 2.13. The van der Waals surface area contributed by atoms with E-state index in [4.69, 9.17) is 0 Å². The molecule has 0 aromatic carbocycles. The Hall–Kier alpha value is -0.830. The lowest BCUT2D eigenvalue weighted by atomic mass is 9.93. The largest absolute Gasteiger partial charge is 0.311 e. The van der Waals surface area contributed by atoms with E-state index in [0.717, 1.165) is 19.5 Å². The predicted octanol–water partition coefficient (Wildman–Crippen LogP) is 1.25. The van der Waals surface area contributed by atoms with Crippen LogP contribution in [-0.4, -0.2) is 16.3 Å². The minimum atomic E-state index is 0.712. The fourth-order valence-corrected chi connectivity index (χ4v) is 2.20. The van der Waals surface area contributed by atoms with Gasteiger partial charge < -0.3 is 5.32 Å². The van der Waals surface area contributed by atoms with Crippen LogP contribution in [0.25, 0.3) is 0 Å². The van der Waals surface area contributed by atoms with Gasteiger partial charge in [0.1, 0.15) is 0 Å². The maximum absolute atomic E-state index is 4.50. The van der Waals surface area contributed by atoms with Gasteiger partial charge in [-0.1, -0.05) is 0 Å². The van der Waals surface area contributed by atoms with Gasteiger partial charge in [-0.25, -0.2) is 0 Å². The normalized spacial score (nSPS) is 22.5. The number of hydrogen-bond donors (Lipinski definition) is 1. The number of aromatic nitrogens is 2. The number of fused-ring (bicyclic) bond motifs is 1. The third kappa shape index (κ3) is 1.10. The van der Waals surface area contributed by atoms with Gasteiger partial charge in [0.05, 0.1) is 17.9 Å². The molecule has 70 valence electrons. The van der Waals surface area contributed by atoms with Crippen LogP contribution in [-0.2, 0) is 13.0 Å². The molecule has 1 N–H and O–H groups in total. The molecule has 1 aliphatic carbocycles. The molecule has 0 atom stereocenters. The van der Waals surface area contributed by atoms with E-state index in [2.05, 4.69) is 21.3 Å². The van der Waals surface area contributed by atoms with Gasteiger partial charge >= 0.3 is 0 Å². The Kier molecular flexibility index (Phi) is 1.65. The zero-order chi connectivity index (χ0) is 8.67. The van der Waals surface area contributed by atoms with E-state index in [1.54, 1.807) is 0 Å². The lowest BCUT2D eigenvalue weighted by molar-refractivity contribution is 0.279. The van der Waals surface area contributed by atoms with Crippen molar-refractivity contribution >= 4 is 0 Å². The van der Waals surface area contributed by atoms with Crippen molar-refractivity contribution in [2.75, 3.05) is 6.54 Å². The predicted molar refractivity (Wildman–Crippen MR) is 50.5 cm³/mol. The highest BCUT2D eigenvalue weighted by Gasteiger charge is 2.24. The highest BCUT2D eigenvalue weighted by Crippen LogP contribution is 2.33. The van der Waals surface area contributed by atoms with E-state index >= 15 is 0 Å². The summed E-state index contributed by atoms with van der Waals surface area (Å²) in [6.07, 6.45) is 7.26. The highest BCUT2D eigenvalue weighted by atomic mass is 15.3. The average molecular weight is 177 g/mol. The fourth-order valence-electron chi connectivity index (χ4n) is 2.20. The molecule has 2 aliphatic rings. The molecule has 0 bridgehead atoms. The van der Waals surface area contributed by atoms with Crippen molar-refractivity contribution in [1.82, 2.24) is 15.1 Å². The van der Waals surface area contributed by atoms with Crippen LogP contribution in [0.1, 0.15) is 36.6 Å². The Labute approximate surface area is 78.1 Å². The van der Waals surface area contributed by atoms with E-state index in [1.165, 1.54) is 30.5 Å². The quantitative estimate of drug-likeness (QED) is 0.699. The summed E-state index contributed by atoms with van der Waals surface area (Å²) >= 11 is 0. The zero-order valence-corrected chi connectivity index (χ0v) is 7.79. The van der Waals surface area contributed by atoms with Crippen molar-refractivity contribution in [3.8, 4) is 0 Å². The number of nitrogens with one attached hydrogen (secondary N) is 1. The Bertz CT molecular complexity index is 312. The highest BCUT2D eigenvalue weighted by molar-refractivity contribution is 5.21. The van der Waals surface area contributed by atoms with Gasteiger partial charge in [-0.2, -0.15) is 5.10 Å². The fraction of sp³-hybridized carbons (Fsp3) is 0.700. The first-order chi connectivity index (χ1) is 6.45. The summed E-state index contributed by atoms with van der Waals surface area (Å²) in [5.74, 6) is 0. The molecule has 3 rings (SSSR count). The molecule has 3 nitrogen and oxygen atoms in total. The molecule has 0 radical (unpaired) electrons. The second-order valence-corrected chi connectivity index (χ2v) is 4.07. The van der Waals surface area contributed by atoms with Crippen LogP contribution in [0.15, 0.2) is 6.20 Å². The first kappa shape index (κ1) is 7.56. The average Bonchev–Trinajstić information content (AvgIpc) is 2.47. The standard InChI is InChI=1S/C10H15N3/c1-2-9(3-1)13-10-7-11-5-4-8(10)6-12-13/h6,9,11H,1-5,7H2. The van der Waals surface area contributed by atoms with Gasteiger partial charge in [-0.3, -0.25) is 4.68 Å². The second-order valence-electron chi connectivity index (χ2n) is 4.07. The number of hydrogen-bond acceptors (Lipinski definition) is 2. The van der Waals surface area contributed by atoms with Crippen LogP contribution in [0.3, 0.4) is 0 Å². The van der Waals surface area contributed by atoms with Crippen molar-refractivity contribution in [2.24, 2.45) is 0 Å². The van der Waals surface area contributed by atoms with Crippen LogP contribution in [0.2, 0.25) is 0 Å². The number of nitrogens with zero attached hydrogens (tertiary/aromatic N) is 2. The van der Waals surface area contributed by atoms with Crippen molar-refractivity contribution in [3.63, 3.8) is 0 Å². The minimum Gasteiger partial charge on any atom is -0.311 e. The molecule has 0 saturated heterocycles. The SMILES string of the molecule is c1nn(C2CCC2)c2c1CCNC2. The molecule has 0 unspecified atom stereocenters. The lowest BCUT2D eigenvalue weighted by Crippen LogP contribution is -2.28. The van der Waals surface area contributed by atoms with Crippen LogP contribution in [0.4, 0.5) is 0 Å². The Morgan fingerprint density at radius 3 is 3.15 bits per heavy atom. The Balaban J connectivity index is 1.95. The van der Waals surface area contributed by atoms with Crippen LogP contribution in [0.5, 0.6) is 0 Å². The molecule has 0 amide bonds. The summed E-state index contributed by atoms with van der Waals surface area (Å²) in [7, 11) is 0. The molecule has 3 heteroatoms. The second kappa shape index (κ2) is 2.84. The van der Waals surface area contributed by atoms with Crippen LogP contribution < -0.4 is 5.32 Å². The molecule has 2 heterocycles. The summed E-state index contributed by atoms with van der Waals surface area (Å²) in [5.41, 5.74) is 2.90. The zero-order valence-electron chi connectivity index (χ0n) is 7.79. The van der Waals surface area contributed by atoms with E-state index in [9.17, 15) is 0 Å². The molecule has 1 fully saturated rings. The van der Waals surface area contributed by atoms with Crippen molar-refractivity contribution in [3.05, 3.63) is 17.5 Å². The summed E-state index contributed by atoms with van der Waals surface area (Å²) in [4.78, 5) is 0. The van der Waals surface area contributed by atoms with Crippen molar-refractivity contribution in [2.45, 2.75) is 38.3 Å².